The van der Waals surface area contributed by atoms with E-state index in [2.05, 4.69) is 42.3 Å². The van der Waals surface area contributed by atoms with Gasteiger partial charge in [-0.25, -0.2) is 9.78 Å². The fourth-order valence-electron chi connectivity index (χ4n) is 4.87. The monoisotopic (exact) mass is 397 g/mol. The molecule has 7 heteroatoms. The Bertz CT molecular complexity index is 962. The van der Waals surface area contributed by atoms with E-state index in [-0.39, 0.29) is 5.69 Å². The topological polar surface area (TPSA) is 68.0 Å². The van der Waals surface area contributed by atoms with Gasteiger partial charge in [-0.2, -0.15) is 0 Å². The zero-order chi connectivity index (χ0) is 18.9. The highest BCUT2D eigenvalue weighted by Crippen LogP contribution is 2.31. The predicted molar refractivity (Wildman–Crippen MR) is 113 cm³/mol. The molecule has 28 heavy (non-hydrogen) atoms. The molecule has 2 N–H and O–H groups in total. The summed E-state index contributed by atoms with van der Waals surface area (Å²) in [5.74, 6) is 0.601. The van der Waals surface area contributed by atoms with Crippen LogP contribution in [0.2, 0.25) is 0 Å². The second kappa shape index (κ2) is 7.81. The first-order valence-electron chi connectivity index (χ1n) is 10.3. The average molecular weight is 398 g/mol. The Morgan fingerprint density at radius 1 is 1.04 bits per heavy atom. The lowest BCUT2D eigenvalue weighted by molar-refractivity contribution is 0.0845. The fourth-order valence-corrected chi connectivity index (χ4v) is 5.52. The van der Waals surface area contributed by atoms with Crippen molar-refractivity contribution in [2.75, 3.05) is 26.2 Å². The van der Waals surface area contributed by atoms with Gasteiger partial charge in [0, 0.05) is 30.7 Å². The van der Waals surface area contributed by atoms with Gasteiger partial charge in [0.1, 0.15) is 5.01 Å². The van der Waals surface area contributed by atoms with Crippen molar-refractivity contribution in [3.05, 3.63) is 50.8 Å². The van der Waals surface area contributed by atoms with Gasteiger partial charge < -0.3 is 14.9 Å². The van der Waals surface area contributed by atoms with Gasteiger partial charge in [0.15, 0.2) is 0 Å². The number of aromatic amines is 2. The molecule has 0 bridgehead atoms. The number of piperidine rings is 2. The van der Waals surface area contributed by atoms with Crippen LogP contribution in [0.5, 0.6) is 0 Å². The molecule has 1 aromatic carbocycles. The molecule has 2 aliphatic heterocycles. The van der Waals surface area contributed by atoms with Crippen LogP contribution in [0.25, 0.3) is 11.0 Å². The molecule has 0 spiro atoms. The van der Waals surface area contributed by atoms with Crippen LogP contribution in [0.15, 0.2) is 34.6 Å². The van der Waals surface area contributed by atoms with Crippen molar-refractivity contribution in [2.45, 2.75) is 44.2 Å². The minimum absolute atomic E-state index is 0.122. The number of likely N-dealkylation sites (tertiary alicyclic amines) is 2. The van der Waals surface area contributed by atoms with E-state index in [4.69, 9.17) is 0 Å². The third-order valence-corrected chi connectivity index (χ3v) is 7.22. The first kappa shape index (κ1) is 18.1. The zero-order valence-electron chi connectivity index (χ0n) is 16.1. The maximum Gasteiger partial charge on any atom is 0.323 e. The highest BCUT2D eigenvalue weighted by atomic mass is 32.1. The standard InChI is InChI=1S/C21H27N5OS/c27-21-23-18-2-1-16(13-19(18)24-21)15-3-10-26(11-4-15)17-5-8-25(9-6-17)14-20-22-7-12-28-20/h1-2,7,12-13,15,17H,3-6,8-11,14H2,(H2,23,24,27). The summed E-state index contributed by atoms with van der Waals surface area (Å²) in [5, 5.41) is 3.30. The first-order valence-corrected chi connectivity index (χ1v) is 11.2. The minimum Gasteiger partial charge on any atom is -0.306 e. The summed E-state index contributed by atoms with van der Waals surface area (Å²) in [7, 11) is 0. The van der Waals surface area contributed by atoms with E-state index in [1.165, 1.54) is 62.4 Å². The van der Waals surface area contributed by atoms with Crippen LogP contribution >= 0.6 is 11.3 Å². The van der Waals surface area contributed by atoms with Crippen molar-refractivity contribution in [1.29, 1.82) is 0 Å². The van der Waals surface area contributed by atoms with Crippen molar-refractivity contribution in [3.63, 3.8) is 0 Å². The molecule has 2 saturated heterocycles. The molecule has 4 heterocycles. The molecule has 6 nitrogen and oxygen atoms in total. The van der Waals surface area contributed by atoms with Crippen LogP contribution in [-0.2, 0) is 6.54 Å². The number of nitrogens with zero attached hydrogens (tertiary/aromatic N) is 3. The normalized spacial score (nSPS) is 20.9. The van der Waals surface area contributed by atoms with Crippen molar-refractivity contribution in [3.8, 4) is 0 Å². The highest BCUT2D eigenvalue weighted by molar-refractivity contribution is 7.09. The van der Waals surface area contributed by atoms with E-state index < -0.39 is 0 Å². The molecule has 2 aliphatic rings. The zero-order valence-corrected chi connectivity index (χ0v) is 16.9. The van der Waals surface area contributed by atoms with E-state index >= 15 is 0 Å². The maximum absolute atomic E-state index is 11.5. The lowest BCUT2D eigenvalue weighted by Crippen LogP contribution is -2.47. The largest absolute Gasteiger partial charge is 0.323 e. The smallest absolute Gasteiger partial charge is 0.306 e. The van der Waals surface area contributed by atoms with Crippen LogP contribution in [0.1, 0.15) is 42.2 Å². The number of nitrogens with one attached hydrogen (secondary N) is 2. The van der Waals surface area contributed by atoms with Crippen LogP contribution in [-0.4, -0.2) is 57.0 Å². The van der Waals surface area contributed by atoms with Crippen molar-refractivity contribution in [1.82, 2.24) is 24.8 Å². The van der Waals surface area contributed by atoms with E-state index in [1.54, 1.807) is 11.3 Å². The SMILES string of the molecule is O=c1[nH]c2ccc(C3CCN(C4CCN(Cc5nccs5)CC4)CC3)cc2[nH]1. The number of imidazole rings is 1. The Morgan fingerprint density at radius 3 is 2.57 bits per heavy atom. The third-order valence-electron chi connectivity index (χ3n) is 6.46. The number of fused-ring (bicyclic) bond motifs is 1. The Labute approximate surface area is 168 Å². The van der Waals surface area contributed by atoms with E-state index in [0.717, 1.165) is 23.6 Å². The van der Waals surface area contributed by atoms with E-state index in [0.29, 0.717) is 5.92 Å². The summed E-state index contributed by atoms with van der Waals surface area (Å²) < 4.78 is 0. The second-order valence-electron chi connectivity index (χ2n) is 8.13. The van der Waals surface area contributed by atoms with Gasteiger partial charge in [0.25, 0.3) is 0 Å². The van der Waals surface area contributed by atoms with Crippen LogP contribution < -0.4 is 5.69 Å². The van der Waals surface area contributed by atoms with Crippen molar-refractivity contribution >= 4 is 22.4 Å². The van der Waals surface area contributed by atoms with Gasteiger partial charge in [0.2, 0.25) is 0 Å². The maximum atomic E-state index is 11.5. The molecular formula is C21H27N5OS. The number of H-pyrrole nitrogens is 2. The molecule has 2 aromatic heterocycles. The Hall–Kier alpha value is -1.96. The summed E-state index contributed by atoms with van der Waals surface area (Å²) in [4.78, 5) is 26.9. The van der Waals surface area contributed by atoms with Gasteiger partial charge >= 0.3 is 5.69 Å². The molecule has 5 rings (SSSR count). The van der Waals surface area contributed by atoms with Crippen LogP contribution in [0.4, 0.5) is 0 Å². The van der Waals surface area contributed by atoms with Crippen LogP contribution in [0.3, 0.4) is 0 Å². The molecule has 0 atom stereocenters. The number of aromatic nitrogens is 3. The number of benzene rings is 1. The summed E-state index contributed by atoms with van der Waals surface area (Å²) in [6, 6.07) is 7.11. The molecule has 0 unspecified atom stereocenters. The van der Waals surface area contributed by atoms with Crippen molar-refractivity contribution < 1.29 is 0 Å². The summed E-state index contributed by atoms with van der Waals surface area (Å²) in [6.07, 6.45) is 6.86. The van der Waals surface area contributed by atoms with Crippen LogP contribution in [0, 0.1) is 0 Å². The highest BCUT2D eigenvalue weighted by Gasteiger charge is 2.29. The molecule has 0 amide bonds. The Kier molecular flexibility index (Phi) is 5.05. The van der Waals surface area contributed by atoms with Crippen molar-refractivity contribution in [2.24, 2.45) is 0 Å². The summed E-state index contributed by atoms with van der Waals surface area (Å²) in [6.45, 7) is 5.74. The Balaban J connectivity index is 1.14. The molecule has 2 fully saturated rings. The molecule has 0 saturated carbocycles. The number of hydrogen-bond donors (Lipinski definition) is 2. The van der Waals surface area contributed by atoms with E-state index in [1.807, 2.05) is 12.3 Å². The molecule has 0 aliphatic carbocycles. The number of hydrogen-bond acceptors (Lipinski definition) is 5. The van der Waals surface area contributed by atoms with Gasteiger partial charge in [0.05, 0.1) is 17.6 Å². The Morgan fingerprint density at radius 2 is 1.82 bits per heavy atom. The van der Waals surface area contributed by atoms with Gasteiger partial charge in [-0.15, -0.1) is 11.3 Å². The molecule has 3 aromatic rings. The fraction of sp³-hybridized carbons (Fsp3) is 0.524. The van der Waals surface area contributed by atoms with E-state index in [9.17, 15) is 4.79 Å². The summed E-state index contributed by atoms with van der Waals surface area (Å²) >= 11 is 1.76. The number of thiazole rings is 1. The minimum atomic E-state index is -0.122. The average Bonchev–Trinajstić information content (AvgIpc) is 3.36. The van der Waals surface area contributed by atoms with Gasteiger partial charge in [-0.3, -0.25) is 4.90 Å². The van der Waals surface area contributed by atoms with Gasteiger partial charge in [-0.05, 0) is 62.4 Å². The molecule has 0 radical (unpaired) electrons. The number of rotatable bonds is 4. The second-order valence-corrected chi connectivity index (χ2v) is 9.11. The third kappa shape index (κ3) is 3.79. The molecular weight excluding hydrogens is 370 g/mol. The summed E-state index contributed by atoms with van der Waals surface area (Å²) in [5.41, 5.74) is 3.07. The lowest BCUT2D eigenvalue weighted by atomic mass is 9.88. The quantitative estimate of drug-likeness (QED) is 0.710. The molecule has 148 valence electrons. The predicted octanol–water partition coefficient (Wildman–Crippen LogP) is 3.16. The lowest BCUT2D eigenvalue weighted by Gasteiger charge is -2.41. The first-order chi connectivity index (χ1) is 13.7. The van der Waals surface area contributed by atoms with Gasteiger partial charge in [-0.1, -0.05) is 6.07 Å².